The Labute approximate surface area is 160 Å². The summed E-state index contributed by atoms with van der Waals surface area (Å²) >= 11 is 3.56. The number of allylic oxidation sites excluding steroid dienone is 2. The predicted octanol–water partition coefficient (Wildman–Crippen LogP) is 3.67. The van der Waals surface area contributed by atoms with Gasteiger partial charge in [-0.3, -0.25) is 19.4 Å². The third-order valence-electron chi connectivity index (χ3n) is 5.80. The van der Waals surface area contributed by atoms with E-state index in [1.807, 2.05) is 23.5 Å². The van der Waals surface area contributed by atoms with Crippen molar-refractivity contribution in [3.63, 3.8) is 0 Å². The van der Waals surface area contributed by atoms with Gasteiger partial charge in [-0.2, -0.15) is 0 Å². The highest BCUT2D eigenvalue weighted by Crippen LogP contribution is 2.41. The first-order valence-electron chi connectivity index (χ1n) is 9.08. The number of imide groups is 1. The zero-order valence-corrected chi connectivity index (χ0v) is 16.0. The molecule has 4 heterocycles. The molecule has 5 rings (SSSR count). The summed E-state index contributed by atoms with van der Waals surface area (Å²) in [7, 11) is 0. The summed E-state index contributed by atoms with van der Waals surface area (Å²) in [4.78, 5) is 32.3. The smallest absolute Gasteiger partial charge is 0.234 e. The van der Waals surface area contributed by atoms with Crippen molar-refractivity contribution >= 4 is 34.5 Å². The fourth-order valence-electron chi connectivity index (χ4n) is 4.49. The van der Waals surface area contributed by atoms with Gasteiger partial charge in [0.1, 0.15) is 0 Å². The maximum Gasteiger partial charge on any atom is 0.234 e. The Bertz CT molecular complexity index is 844. The fourth-order valence-corrected chi connectivity index (χ4v) is 6.27. The molecule has 1 fully saturated rings. The van der Waals surface area contributed by atoms with E-state index in [-0.39, 0.29) is 29.7 Å². The minimum Gasteiger partial charge on any atom is -0.274 e. The summed E-state index contributed by atoms with van der Waals surface area (Å²) in [5, 5.41) is 4.25. The monoisotopic (exact) mass is 384 g/mol. The number of carbonyl (C=O) groups excluding carboxylic acids is 2. The van der Waals surface area contributed by atoms with Crippen molar-refractivity contribution in [2.24, 2.45) is 11.8 Å². The molecule has 2 aromatic rings. The molecule has 6 heteroatoms. The molecule has 2 aliphatic heterocycles. The van der Waals surface area contributed by atoms with Gasteiger partial charge in [-0.15, -0.1) is 22.7 Å². The van der Waals surface area contributed by atoms with E-state index in [2.05, 4.69) is 33.9 Å². The van der Waals surface area contributed by atoms with Crippen LogP contribution in [0.4, 0.5) is 0 Å². The van der Waals surface area contributed by atoms with E-state index >= 15 is 0 Å². The fraction of sp³-hybridized carbons (Fsp3) is 0.400. The van der Waals surface area contributed by atoms with Gasteiger partial charge in [0.05, 0.1) is 24.5 Å². The van der Waals surface area contributed by atoms with Crippen molar-refractivity contribution in [3.05, 3.63) is 56.4 Å². The van der Waals surface area contributed by atoms with Crippen molar-refractivity contribution in [2.45, 2.75) is 25.3 Å². The Kier molecular flexibility index (Phi) is 4.07. The second-order valence-electron chi connectivity index (χ2n) is 7.18. The van der Waals surface area contributed by atoms with Gasteiger partial charge in [0.15, 0.2) is 0 Å². The number of hydrogen-bond donors (Lipinski definition) is 0. The topological polar surface area (TPSA) is 40.6 Å². The summed E-state index contributed by atoms with van der Waals surface area (Å²) in [6, 6.07) is 6.58. The molecule has 3 aliphatic rings. The number of rotatable bonds is 3. The van der Waals surface area contributed by atoms with Crippen LogP contribution in [0.1, 0.15) is 34.2 Å². The molecular weight excluding hydrogens is 364 g/mol. The van der Waals surface area contributed by atoms with Crippen LogP contribution in [0, 0.1) is 11.8 Å². The van der Waals surface area contributed by atoms with Gasteiger partial charge in [0, 0.05) is 16.3 Å². The molecule has 0 aromatic carbocycles. The first kappa shape index (κ1) is 16.4. The van der Waals surface area contributed by atoms with Crippen LogP contribution in [0.3, 0.4) is 0 Å². The van der Waals surface area contributed by atoms with E-state index in [0.717, 1.165) is 13.0 Å². The molecule has 0 bridgehead atoms. The van der Waals surface area contributed by atoms with E-state index in [0.29, 0.717) is 19.5 Å². The van der Waals surface area contributed by atoms with Crippen LogP contribution in [-0.4, -0.2) is 34.8 Å². The molecule has 134 valence electrons. The van der Waals surface area contributed by atoms with Gasteiger partial charge in [-0.05, 0) is 47.7 Å². The lowest BCUT2D eigenvalue weighted by Gasteiger charge is -2.37. The maximum atomic E-state index is 12.9. The van der Waals surface area contributed by atoms with Crippen LogP contribution in [-0.2, 0) is 16.0 Å². The third-order valence-corrected chi connectivity index (χ3v) is 7.72. The maximum absolute atomic E-state index is 12.9. The Morgan fingerprint density at radius 2 is 1.77 bits per heavy atom. The molecule has 0 saturated carbocycles. The highest BCUT2D eigenvalue weighted by atomic mass is 32.1. The predicted molar refractivity (Wildman–Crippen MR) is 103 cm³/mol. The molecule has 2 amide bonds. The summed E-state index contributed by atoms with van der Waals surface area (Å²) in [5.41, 5.74) is 1.34. The van der Waals surface area contributed by atoms with Crippen molar-refractivity contribution in [1.29, 1.82) is 0 Å². The summed E-state index contributed by atoms with van der Waals surface area (Å²) in [6.45, 7) is 1.28. The van der Waals surface area contributed by atoms with E-state index in [1.165, 1.54) is 20.2 Å². The van der Waals surface area contributed by atoms with Crippen LogP contribution < -0.4 is 0 Å². The third kappa shape index (κ3) is 2.51. The van der Waals surface area contributed by atoms with Gasteiger partial charge >= 0.3 is 0 Å². The van der Waals surface area contributed by atoms with E-state index in [9.17, 15) is 9.59 Å². The van der Waals surface area contributed by atoms with Crippen molar-refractivity contribution < 1.29 is 9.59 Å². The van der Waals surface area contributed by atoms with E-state index in [4.69, 9.17) is 0 Å². The SMILES string of the molecule is O=C1[C@@H]2CC=CC[C@H]2C(=O)N1CN1CCc2sccc2[C@@H]1c1cccs1. The van der Waals surface area contributed by atoms with Gasteiger partial charge < -0.3 is 0 Å². The lowest BCUT2D eigenvalue weighted by Crippen LogP contribution is -2.45. The van der Waals surface area contributed by atoms with Crippen molar-refractivity contribution in [1.82, 2.24) is 9.80 Å². The molecule has 0 spiro atoms. The largest absolute Gasteiger partial charge is 0.274 e. The molecular formula is C20H20N2O2S2. The molecule has 1 aliphatic carbocycles. The Morgan fingerprint density at radius 1 is 1.00 bits per heavy atom. The highest BCUT2D eigenvalue weighted by Gasteiger charge is 2.48. The normalized spacial score (nSPS) is 28.5. The quantitative estimate of drug-likeness (QED) is 0.599. The number of likely N-dealkylation sites (tertiary alicyclic amines) is 1. The standard InChI is InChI=1S/C20H20N2O2S2/c23-19-13-4-1-2-5-14(13)20(24)22(19)12-21-9-7-16-15(8-11-26-16)18(21)17-6-3-10-25-17/h1-3,6,8,10-11,13-14,18H,4-5,7,9,12H2/t13-,14-,18-/m1/s1. The van der Waals surface area contributed by atoms with Crippen LogP contribution in [0.5, 0.6) is 0 Å². The van der Waals surface area contributed by atoms with Gasteiger partial charge in [0.2, 0.25) is 11.8 Å². The number of fused-ring (bicyclic) bond motifs is 2. The molecule has 0 N–H and O–H groups in total. The van der Waals surface area contributed by atoms with Gasteiger partial charge in [-0.25, -0.2) is 0 Å². The number of carbonyl (C=O) groups is 2. The van der Waals surface area contributed by atoms with Crippen LogP contribution in [0.25, 0.3) is 0 Å². The van der Waals surface area contributed by atoms with E-state index in [1.54, 1.807) is 11.3 Å². The molecule has 3 atom stereocenters. The van der Waals surface area contributed by atoms with Crippen molar-refractivity contribution in [3.8, 4) is 0 Å². The van der Waals surface area contributed by atoms with Gasteiger partial charge in [0.25, 0.3) is 0 Å². The molecule has 0 radical (unpaired) electrons. The van der Waals surface area contributed by atoms with Gasteiger partial charge in [-0.1, -0.05) is 18.2 Å². The second kappa shape index (κ2) is 6.44. The molecule has 4 nitrogen and oxygen atoms in total. The number of hydrogen-bond acceptors (Lipinski definition) is 5. The van der Waals surface area contributed by atoms with E-state index < -0.39 is 0 Å². The first-order valence-corrected chi connectivity index (χ1v) is 10.8. The molecule has 0 unspecified atom stereocenters. The number of thiophene rings is 2. The zero-order valence-electron chi connectivity index (χ0n) is 14.3. The second-order valence-corrected chi connectivity index (χ2v) is 9.16. The average Bonchev–Trinajstić information content (AvgIpc) is 3.39. The number of amides is 2. The van der Waals surface area contributed by atoms with Crippen molar-refractivity contribution in [2.75, 3.05) is 13.2 Å². The van der Waals surface area contributed by atoms with Crippen LogP contribution in [0.2, 0.25) is 0 Å². The average molecular weight is 385 g/mol. The summed E-state index contributed by atoms with van der Waals surface area (Å²) < 4.78 is 0. The van der Waals surface area contributed by atoms with Crippen LogP contribution >= 0.6 is 22.7 Å². The molecule has 2 aromatic heterocycles. The first-order chi connectivity index (χ1) is 12.7. The lowest BCUT2D eigenvalue weighted by atomic mass is 9.85. The Balaban J connectivity index is 1.45. The number of nitrogens with zero attached hydrogens (tertiary/aromatic N) is 2. The molecule has 1 saturated heterocycles. The summed E-state index contributed by atoms with van der Waals surface area (Å²) in [6.07, 6.45) is 6.48. The Morgan fingerprint density at radius 3 is 2.46 bits per heavy atom. The van der Waals surface area contributed by atoms with Crippen LogP contribution in [0.15, 0.2) is 41.1 Å². The minimum absolute atomic E-state index is 0.0189. The molecule has 26 heavy (non-hydrogen) atoms. The highest BCUT2D eigenvalue weighted by molar-refractivity contribution is 7.10. The summed E-state index contributed by atoms with van der Waals surface area (Å²) in [5.74, 6) is -0.251. The lowest BCUT2D eigenvalue weighted by molar-refractivity contribution is -0.142. The Hall–Kier alpha value is -1.76. The minimum atomic E-state index is -0.144. The zero-order chi connectivity index (χ0) is 17.7.